The van der Waals surface area contributed by atoms with Gasteiger partial charge in [-0.2, -0.15) is 5.10 Å². The van der Waals surface area contributed by atoms with Crippen LogP contribution < -0.4 is 5.32 Å². The molecule has 1 saturated heterocycles. The molecule has 0 unspecified atom stereocenters. The number of H-pyrrole nitrogens is 1. The Balaban J connectivity index is 1.21. The number of aromatic amines is 1. The van der Waals surface area contributed by atoms with Crippen LogP contribution in [0.25, 0.3) is 11.6 Å². The summed E-state index contributed by atoms with van der Waals surface area (Å²) in [5.41, 5.74) is 2.78. The molecule has 32 heavy (non-hydrogen) atoms. The molecule has 1 aliphatic rings. The number of aromatic nitrogens is 3. The lowest BCUT2D eigenvalue weighted by molar-refractivity contribution is 0.172. The highest BCUT2D eigenvalue weighted by molar-refractivity contribution is 5.80. The summed E-state index contributed by atoms with van der Waals surface area (Å²) in [5, 5.41) is 10.7. The summed E-state index contributed by atoms with van der Waals surface area (Å²) < 4.78 is 5.34. The molecule has 1 aliphatic heterocycles. The van der Waals surface area contributed by atoms with E-state index in [1.54, 1.807) is 6.26 Å². The van der Waals surface area contributed by atoms with Gasteiger partial charge in [0.15, 0.2) is 11.7 Å². The lowest BCUT2D eigenvalue weighted by atomic mass is 10.0. The summed E-state index contributed by atoms with van der Waals surface area (Å²) in [4.78, 5) is 13.8. The number of nitrogens with one attached hydrogen (secondary N) is 2. The van der Waals surface area contributed by atoms with Crippen LogP contribution >= 0.6 is 0 Å². The molecule has 1 fully saturated rings. The van der Waals surface area contributed by atoms with Crippen molar-refractivity contribution in [2.45, 2.75) is 32.7 Å². The van der Waals surface area contributed by atoms with Crippen molar-refractivity contribution in [3.63, 3.8) is 0 Å². The second-order valence-electron chi connectivity index (χ2n) is 8.47. The van der Waals surface area contributed by atoms with Gasteiger partial charge in [-0.3, -0.25) is 15.0 Å². The minimum atomic E-state index is 0.578. The fraction of sp³-hybridized carbons (Fsp3) is 0.458. The second-order valence-corrected chi connectivity index (χ2v) is 8.47. The predicted octanol–water partition coefficient (Wildman–Crippen LogP) is 3.12. The summed E-state index contributed by atoms with van der Waals surface area (Å²) in [6.45, 7) is 10.2. The first-order chi connectivity index (χ1) is 15.6. The van der Waals surface area contributed by atoms with Gasteiger partial charge in [0.2, 0.25) is 5.82 Å². The molecule has 0 atom stereocenters. The summed E-state index contributed by atoms with van der Waals surface area (Å²) >= 11 is 0. The Morgan fingerprint density at radius 2 is 1.94 bits per heavy atom. The summed E-state index contributed by atoms with van der Waals surface area (Å²) in [5.74, 6) is 3.60. The van der Waals surface area contributed by atoms with Gasteiger partial charge < -0.3 is 14.6 Å². The third-order valence-electron chi connectivity index (χ3n) is 5.85. The van der Waals surface area contributed by atoms with Crippen molar-refractivity contribution in [2.75, 3.05) is 39.8 Å². The van der Waals surface area contributed by atoms with Crippen molar-refractivity contribution >= 4 is 5.96 Å². The Morgan fingerprint density at radius 3 is 2.59 bits per heavy atom. The first-order valence-corrected chi connectivity index (χ1v) is 11.3. The van der Waals surface area contributed by atoms with Gasteiger partial charge in [-0.05, 0) is 29.2 Å². The Kier molecular flexibility index (Phi) is 7.21. The van der Waals surface area contributed by atoms with Crippen LogP contribution in [0.5, 0.6) is 0 Å². The first kappa shape index (κ1) is 22.1. The number of nitrogens with zero attached hydrogens (tertiary/aromatic N) is 5. The van der Waals surface area contributed by atoms with Crippen LogP contribution in [0.3, 0.4) is 0 Å². The monoisotopic (exact) mass is 435 g/mol. The molecule has 0 radical (unpaired) electrons. The molecule has 3 aromatic rings. The molecule has 0 bridgehead atoms. The molecule has 2 N–H and O–H groups in total. The van der Waals surface area contributed by atoms with Crippen molar-refractivity contribution in [1.82, 2.24) is 30.3 Å². The van der Waals surface area contributed by atoms with Gasteiger partial charge in [0.05, 0.1) is 6.26 Å². The summed E-state index contributed by atoms with van der Waals surface area (Å²) in [7, 11) is 1.84. The highest BCUT2D eigenvalue weighted by Gasteiger charge is 2.19. The third kappa shape index (κ3) is 5.56. The smallest absolute Gasteiger partial charge is 0.216 e. The number of rotatable bonds is 7. The maximum Gasteiger partial charge on any atom is 0.216 e. The van der Waals surface area contributed by atoms with E-state index >= 15 is 0 Å². The van der Waals surface area contributed by atoms with E-state index in [0.29, 0.717) is 17.5 Å². The van der Waals surface area contributed by atoms with E-state index in [1.165, 1.54) is 11.1 Å². The van der Waals surface area contributed by atoms with E-state index in [4.69, 9.17) is 4.42 Å². The van der Waals surface area contributed by atoms with Crippen LogP contribution in [0.15, 0.2) is 52.1 Å². The molecule has 4 rings (SSSR count). The standard InChI is InChI=1S/C24H33N7O/c1-18(2)20-8-6-19(7-9-20)17-30-12-14-31(15-13-30)24(25-3)26-11-10-22-27-23(29-28-22)21-5-4-16-32-21/h4-9,16,18H,10-15,17H2,1-3H3,(H,25,26)(H,27,28,29). The molecule has 3 heterocycles. The number of piperazine rings is 1. The van der Waals surface area contributed by atoms with Crippen molar-refractivity contribution < 1.29 is 4.42 Å². The van der Waals surface area contributed by atoms with Gasteiger partial charge in [-0.15, -0.1) is 0 Å². The molecule has 0 saturated carbocycles. The Bertz CT molecular complexity index is 984. The molecular formula is C24H33N7O. The van der Waals surface area contributed by atoms with Gasteiger partial charge in [0, 0.05) is 52.7 Å². The molecule has 8 nitrogen and oxygen atoms in total. The van der Waals surface area contributed by atoms with E-state index in [-0.39, 0.29) is 0 Å². The lowest BCUT2D eigenvalue weighted by Gasteiger charge is -2.36. The molecule has 170 valence electrons. The number of hydrogen-bond acceptors (Lipinski definition) is 5. The topological polar surface area (TPSA) is 85.6 Å². The average Bonchev–Trinajstić information content (AvgIpc) is 3.50. The molecule has 1 aromatic carbocycles. The molecule has 0 aliphatic carbocycles. The van der Waals surface area contributed by atoms with E-state index in [1.807, 2.05) is 19.2 Å². The molecule has 2 aromatic heterocycles. The number of hydrogen-bond donors (Lipinski definition) is 2. The van der Waals surface area contributed by atoms with Crippen LogP contribution in [0, 0.1) is 0 Å². The Morgan fingerprint density at radius 1 is 1.16 bits per heavy atom. The van der Waals surface area contributed by atoms with Crippen LogP contribution in [-0.2, 0) is 13.0 Å². The number of furan rings is 1. The summed E-state index contributed by atoms with van der Waals surface area (Å²) in [6.07, 6.45) is 2.36. The van der Waals surface area contributed by atoms with Crippen molar-refractivity contribution in [3.8, 4) is 11.6 Å². The Hall–Kier alpha value is -3.13. The van der Waals surface area contributed by atoms with Crippen LogP contribution in [0.1, 0.15) is 36.7 Å². The van der Waals surface area contributed by atoms with Crippen molar-refractivity contribution in [1.29, 1.82) is 0 Å². The normalized spacial score (nSPS) is 15.5. The van der Waals surface area contributed by atoms with Crippen LogP contribution in [0.2, 0.25) is 0 Å². The zero-order valence-corrected chi connectivity index (χ0v) is 19.2. The van der Waals surface area contributed by atoms with Crippen molar-refractivity contribution in [2.24, 2.45) is 4.99 Å². The zero-order chi connectivity index (χ0) is 22.3. The molecule has 8 heteroatoms. The van der Waals surface area contributed by atoms with E-state index < -0.39 is 0 Å². The van der Waals surface area contributed by atoms with Gasteiger partial charge >= 0.3 is 0 Å². The predicted molar refractivity (Wildman–Crippen MR) is 127 cm³/mol. The number of benzene rings is 1. The fourth-order valence-electron chi connectivity index (χ4n) is 3.93. The van der Waals surface area contributed by atoms with Gasteiger partial charge in [0.25, 0.3) is 0 Å². The highest BCUT2D eigenvalue weighted by Crippen LogP contribution is 2.17. The van der Waals surface area contributed by atoms with E-state index in [2.05, 4.69) is 73.4 Å². The lowest BCUT2D eigenvalue weighted by Crippen LogP contribution is -2.52. The van der Waals surface area contributed by atoms with Crippen molar-refractivity contribution in [3.05, 3.63) is 59.6 Å². The zero-order valence-electron chi connectivity index (χ0n) is 19.2. The summed E-state index contributed by atoms with van der Waals surface area (Å²) in [6, 6.07) is 12.7. The third-order valence-corrected chi connectivity index (χ3v) is 5.85. The number of aliphatic imine (C=N–C) groups is 1. The van der Waals surface area contributed by atoms with Crippen LogP contribution in [-0.4, -0.2) is 70.7 Å². The Labute approximate surface area is 189 Å². The number of guanidine groups is 1. The molecule has 0 amide bonds. The molecular weight excluding hydrogens is 402 g/mol. The highest BCUT2D eigenvalue weighted by atomic mass is 16.3. The second kappa shape index (κ2) is 10.5. The maximum atomic E-state index is 5.34. The SMILES string of the molecule is CN=C(NCCc1nc(-c2ccco2)n[nH]1)N1CCN(Cc2ccc(C(C)C)cc2)CC1. The minimum absolute atomic E-state index is 0.578. The van der Waals surface area contributed by atoms with E-state index in [0.717, 1.165) is 57.5 Å². The van der Waals surface area contributed by atoms with Crippen LogP contribution in [0.4, 0.5) is 0 Å². The van der Waals surface area contributed by atoms with Gasteiger partial charge in [0.1, 0.15) is 5.82 Å². The van der Waals surface area contributed by atoms with Gasteiger partial charge in [-0.25, -0.2) is 4.98 Å². The quantitative estimate of drug-likeness (QED) is 0.438. The first-order valence-electron chi connectivity index (χ1n) is 11.3. The largest absolute Gasteiger partial charge is 0.461 e. The van der Waals surface area contributed by atoms with E-state index in [9.17, 15) is 0 Å². The van der Waals surface area contributed by atoms with Gasteiger partial charge in [-0.1, -0.05) is 38.1 Å². The average molecular weight is 436 g/mol. The molecule has 0 spiro atoms. The maximum absolute atomic E-state index is 5.34. The minimum Gasteiger partial charge on any atom is -0.461 e. The fourth-order valence-corrected chi connectivity index (χ4v) is 3.93.